The molecule has 152 valence electrons. The van der Waals surface area contributed by atoms with Crippen molar-refractivity contribution in [3.05, 3.63) is 69.9 Å². The number of nitrogens with one attached hydrogen (secondary N) is 1. The standard InChI is InChI=1S/C22H20N4O4/c1-14(15-5-3-2-4-6-15)25-22-16(11-23)12-24-19-10-21(30-17-7-8-29-13-17)20(26(27)28)9-18(19)22/h2-6,9-10,12,14,17H,7-8,13H2,1H3,(H,24,25)/t14-,17?/m0/s1. The monoisotopic (exact) mass is 404 g/mol. The molecule has 1 fully saturated rings. The molecule has 1 N–H and O–H groups in total. The lowest BCUT2D eigenvalue weighted by atomic mass is 10.0. The molecular formula is C22H20N4O4. The van der Waals surface area contributed by atoms with Crippen LogP contribution in [0, 0.1) is 21.4 Å². The van der Waals surface area contributed by atoms with E-state index in [1.807, 2.05) is 37.3 Å². The number of aromatic nitrogens is 1. The molecule has 0 spiro atoms. The Morgan fingerprint density at radius 3 is 2.83 bits per heavy atom. The fourth-order valence-electron chi connectivity index (χ4n) is 3.51. The van der Waals surface area contributed by atoms with Crippen LogP contribution in [0.5, 0.6) is 5.75 Å². The van der Waals surface area contributed by atoms with Gasteiger partial charge in [0.2, 0.25) is 0 Å². The number of benzene rings is 2. The molecule has 0 saturated carbocycles. The van der Waals surface area contributed by atoms with Crippen molar-refractivity contribution in [2.24, 2.45) is 0 Å². The molecule has 30 heavy (non-hydrogen) atoms. The molecule has 1 aliphatic rings. The predicted octanol–water partition coefficient (Wildman–Crippen LogP) is 4.36. The normalized spacial score (nSPS) is 16.7. The number of rotatable bonds is 6. The lowest BCUT2D eigenvalue weighted by molar-refractivity contribution is -0.385. The summed E-state index contributed by atoms with van der Waals surface area (Å²) in [7, 11) is 0. The number of nitro benzene ring substituents is 1. The van der Waals surface area contributed by atoms with Gasteiger partial charge in [-0.25, -0.2) is 0 Å². The average Bonchev–Trinajstić information content (AvgIpc) is 3.27. The minimum Gasteiger partial charge on any atom is -0.481 e. The van der Waals surface area contributed by atoms with E-state index in [0.717, 1.165) is 5.56 Å². The average molecular weight is 404 g/mol. The van der Waals surface area contributed by atoms with Crippen molar-refractivity contribution < 1.29 is 14.4 Å². The van der Waals surface area contributed by atoms with Crippen molar-refractivity contribution in [2.45, 2.75) is 25.5 Å². The molecule has 8 heteroatoms. The SMILES string of the molecule is C[C@H](Nc1c(C#N)cnc2cc(OC3CCOC3)c([N+](=O)[O-])cc12)c1ccccc1. The summed E-state index contributed by atoms with van der Waals surface area (Å²) >= 11 is 0. The molecule has 3 aromatic rings. The van der Waals surface area contributed by atoms with Crippen LogP contribution in [-0.4, -0.2) is 29.2 Å². The van der Waals surface area contributed by atoms with Gasteiger partial charge in [0.1, 0.15) is 12.2 Å². The second-order valence-corrected chi connectivity index (χ2v) is 7.13. The maximum absolute atomic E-state index is 11.7. The predicted molar refractivity (Wildman–Crippen MR) is 111 cm³/mol. The molecule has 2 atom stereocenters. The van der Waals surface area contributed by atoms with Crippen molar-refractivity contribution in [1.29, 1.82) is 5.26 Å². The van der Waals surface area contributed by atoms with Crippen LogP contribution in [-0.2, 0) is 4.74 Å². The van der Waals surface area contributed by atoms with E-state index in [-0.39, 0.29) is 23.6 Å². The first-order valence-electron chi connectivity index (χ1n) is 9.64. The largest absolute Gasteiger partial charge is 0.481 e. The van der Waals surface area contributed by atoms with E-state index in [2.05, 4.69) is 16.4 Å². The van der Waals surface area contributed by atoms with Gasteiger partial charge in [-0.15, -0.1) is 0 Å². The van der Waals surface area contributed by atoms with E-state index >= 15 is 0 Å². The Balaban J connectivity index is 1.79. The van der Waals surface area contributed by atoms with Crippen molar-refractivity contribution in [3.63, 3.8) is 0 Å². The Hall–Kier alpha value is -3.70. The topological polar surface area (TPSA) is 110 Å². The van der Waals surface area contributed by atoms with Gasteiger partial charge in [-0.2, -0.15) is 5.26 Å². The Bertz CT molecular complexity index is 1120. The molecule has 4 rings (SSSR count). The highest BCUT2D eigenvalue weighted by Crippen LogP contribution is 2.38. The third-order valence-corrected chi connectivity index (χ3v) is 5.11. The van der Waals surface area contributed by atoms with Gasteiger partial charge < -0.3 is 14.8 Å². The molecule has 0 radical (unpaired) electrons. The first-order valence-corrected chi connectivity index (χ1v) is 9.64. The highest BCUT2D eigenvalue weighted by atomic mass is 16.6. The molecule has 2 heterocycles. The quantitative estimate of drug-likeness (QED) is 0.480. The molecule has 1 saturated heterocycles. The van der Waals surface area contributed by atoms with Crippen LogP contribution >= 0.6 is 0 Å². The lowest BCUT2D eigenvalue weighted by Gasteiger charge is -2.19. The van der Waals surface area contributed by atoms with Crippen molar-refractivity contribution in [2.75, 3.05) is 18.5 Å². The smallest absolute Gasteiger partial charge is 0.311 e. The number of hydrogen-bond donors (Lipinski definition) is 1. The number of ether oxygens (including phenoxy) is 2. The van der Waals surface area contributed by atoms with Gasteiger partial charge in [-0.1, -0.05) is 30.3 Å². The maximum Gasteiger partial charge on any atom is 0.311 e. The molecule has 8 nitrogen and oxygen atoms in total. The minimum absolute atomic E-state index is 0.116. The molecule has 1 aromatic heterocycles. The van der Waals surface area contributed by atoms with Crippen LogP contribution in [0.15, 0.2) is 48.7 Å². The third kappa shape index (κ3) is 3.88. The molecule has 1 unspecified atom stereocenters. The van der Waals surface area contributed by atoms with Crippen molar-refractivity contribution in [3.8, 4) is 11.8 Å². The number of nitriles is 1. The van der Waals surface area contributed by atoms with E-state index in [9.17, 15) is 15.4 Å². The van der Waals surface area contributed by atoms with E-state index in [1.54, 1.807) is 6.07 Å². The molecule has 1 aliphatic heterocycles. The van der Waals surface area contributed by atoms with Crippen molar-refractivity contribution in [1.82, 2.24) is 4.98 Å². The third-order valence-electron chi connectivity index (χ3n) is 5.11. The van der Waals surface area contributed by atoms with Gasteiger partial charge in [0.15, 0.2) is 5.75 Å². The molecule has 0 bridgehead atoms. The second-order valence-electron chi connectivity index (χ2n) is 7.13. The summed E-state index contributed by atoms with van der Waals surface area (Å²) in [5.74, 6) is 0.155. The first kappa shape index (κ1) is 19.6. The zero-order chi connectivity index (χ0) is 21.1. The Kier molecular flexibility index (Phi) is 5.46. The van der Waals surface area contributed by atoms with Crippen LogP contribution in [0.25, 0.3) is 10.9 Å². The number of nitro groups is 1. The number of anilines is 1. The minimum atomic E-state index is -0.478. The molecule has 0 aliphatic carbocycles. The summed E-state index contributed by atoms with van der Waals surface area (Å²) in [6.45, 7) is 2.94. The zero-order valence-electron chi connectivity index (χ0n) is 16.4. The van der Waals surface area contributed by atoms with Gasteiger partial charge in [-0.05, 0) is 12.5 Å². The summed E-state index contributed by atoms with van der Waals surface area (Å²) in [5.41, 5.74) is 2.20. The Morgan fingerprint density at radius 1 is 1.37 bits per heavy atom. The molecular weight excluding hydrogens is 384 g/mol. The van der Waals surface area contributed by atoms with Crippen LogP contribution in [0.4, 0.5) is 11.4 Å². The van der Waals surface area contributed by atoms with Crippen LogP contribution in [0.2, 0.25) is 0 Å². The first-order chi connectivity index (χ1) is 14.6. The van der Waals surface area contributed by atoms with Gasteiger partial charge in [0.05, 0.1) is 34.9 Å². The zero-order valence-corrected chi connectivity index (χ0v) is 16.4. The van der Waals surface area contributed by atoms with Crippen molar-refractivity contribution >= 4 is 22.3 Å². The number of fused-ring (bicyclic) bond motifs is 1. The number of nitrogens with zero attached hydrogens (tertiary/aromatic N) is 3. The summed E-state index contributed by atoms with van der Waals surface area (Å²) in [5, 5.41) is 25.2. The van der Waals surface area contributed by atoms with Gasteiger partial charge in [0.25, 0.3) is 0 Å². The Morgan fingerprint density at radius 2 is 2.17 bits per heavy atom. The fourth-order valence-corrected chi connectivity index (χ4v) is 3.51. The highest BCUT2D eigenvalue weighted by Gasteiger charge is 2.25. The number of hydrogen-bond acceptors (Lipinski definition) is 7. The van der Waals surface area contributed by atoms with Crippen LogP contribution in [0.3, 0.4) is 0 Å². The van der Waals surface area contributed by atoms with E-state index in [0.29, 0.717) is 41.8 Å². The van der Waals surface area contributed by atoms with E-state index in [1.165, 1.54) is 12.3 Å². The summed E-state index contributed by atoms with van der Waals surface area (Å²) in [6, 6.07) is 14.7. The van der Waals surface area contributed by atoms with E-state index in [4.69, 9.17) is 9.47 Å². The Labute approximate surface area is 173 Å². The lowest BCUT2D eigenvalue weighted by Crippen LogP contribution is -2.16. The van der Waals surface area contributed by atoms with Crippen LogP contribution < -0.4 is 10.1 Å². The summed E-state index contributed by atoms with van der Waals surface area (Å²) in [4.78, 5) is 15.6. The second kappa shape index (κ2) is 8.35. The van der Waals surface area contributed by atoms with Gasteiger partial charge in [-0.3, -0.25) is 15.1 Å². The van der Waals surface area contributed by atoms with Gasteiger partial charge in [0, 0.05) is 36.2 Å². The molecule has 2 aromatic carbocycles. The van der Waals surface area contributed by atoms with Crippen LogP contribution in [0.1, 0.15) is 30.5 Å². The fraction of sp³-hybridized carbons (Fsp3) is 0.273. The highest BCUT2D eigenvalue weighted by molar-refractivity contribution is 5.96. The maximum atomic E-state index is 11.7. The molecule has 0 amide bonds. The summed E-state index contributed by atoms with van der Waals surface area (Å²) in [6.07, 6.45) is 1.92. The number of pyridine rings is 1. The summed E-state index contributed by atoms with van der Waals surface area (Å²) < 4.78 is 11.1. The van der Waals surface area contributed by atoms with E-state index < -0.39 is 4.92 Å². The van der Waals surface area contributed by atoms with Gasteiger partial charge >= 0.3 is 5.69 Å².